The van der Waals surface area contributed by atoms with Crippen LogP contribution in [0.3, 0.4) is 0 Å². The smallest absolute Gasteiger partial charge is 0.115 e. The highest BCUT2D eigenvalue weighted by Gasteiger charge is 1.94. The molecule has 0 N–H and O–H groups in total. The Balaban J connectivity index is 4.37. The van der Waals surface area contributed by atoms with Gasteiger partial charge < -0.3 is 4.74 Å². The highest BCUT2D eigenvalue weighted by atomic mass is 35.5. The third-order valence-corrected chi connectivity index (χ3v) is 1.68. The van der Waals surface area contributed by atoms with Crippen LogP contribution in [0.4, 0.5) is 0 Å². The number of halogens is 1. The normalized spacial score (nSPS) is 13.0. The van der Waals surface area contributed by atoms with Crippen molar-refractivity contribution in [2.24, 2.45) is 0 Å². The molecule has 0 bridgehead atoms. The Labute approximate surface area is 79.4 Å². The van der Waals surface area contributed by atoms with E-state index < -0.39 is 0 Å². The average molecular weight is 187 g/mol. The Morgan fingerprint density at radius 1 is 1.58 bits per heavy atom. The van der Waals surface area contributed by atoms with Crippen LogP contribution in [0, 0.1) is 0 Å². The van der Waals surface area contributed by atoms with Crippen LogP contribution in [0.15, 0.2) is 35.1 Å². The van der Waals surface area contributed by atoms with Crippen molar-refractivity contribution < 1.29 is 4.74 Å². The molecule has 12 heavy (non-hydrogen) atoms. The van der Waals surface area contributed by atoms with E-state index in [1.165, 1.54) is 0 Å². The van der Waals surface area contributed by atoms with Gasteiger partial charge in [0.2, 0.25) is 0 Å². The van der Waals surface area contributed by atoms with Gasteiger partial charge in [-0.15, -0.1) is 0 Å². The molecule has 0 aliphatic heterocycles. The number of allylic oxidation sites excluding steroid dienone is 4. The summed E-state index contributed by atoms with van der Waals surface area (Å²) in [7, 11) is 0. The lowest BCUT2D eigenvalue weighted by Crippen LogP contribution is -1.88. The van der Waals surface area contributed by atoms with Crippen LogP contribution in [0.1, 0.15) is 20.8 Å². The van der Waals surface area contributed by atoms with Gasteiger partial charge >= 0.3 is 0 Å². The van der Waals surface area contributed by atoms with Crippen LogP contribution in [0.5, 0.6) is 0 Å². The van der Waals surface area contributed by atoms with E-state index in [4.69, 9.17) is 16.3 Å². The van der Waals surface area contributed by atoms with E-state index in [2.05, 4.69) is 6.58 Å². The second-order valence-electron chi connectivity index (χ2n) is 2.36. The van der Waals surface area contributed by atoms with Crippen molar-refractivity contribution >= 4 is 11.6 Å². The molecule has 0 unspecified atom stereocenters. The van der Waals surface area contributed by atoms with Crippen LogP contribution in [0.2, 0.25) is 0 Å². The summed E-state index contributed by atoms with van der Waals surface area (Å²) in [5, 5.41) is 0.550. The molecule has 0 heterocycles. The van der Waals surface area contributed by atoms with Gasteiger partial charge in [0.1, 0.15) is 5.76 Å². The minimum absolute atomic E-state index is 0.550. The highest BCUT2D eigenvalue weighted by molar-refractivity contribution is 6.31. The maximum atomic E-state index is 5.68. The first kappa shape index (κ1) is 11.3. The summed E-state index contributed by atoms with van der Waals surface area (Å²) < 4.78 is 5.30. The molecule has 0 radical (unpaired) electrons. The lowest BCUT2D eigenvalue weighted by atomic mass is 10.2. The van der Waals surface area contributed by atoms with Gasteiger partial charge in [-0.3, -0.25) is 0 Å². The van der Waals surface area contributed by atoms with Gasteiger partial charge in [0, 0.05) is 5.03 Å². The molecule has 0 fully saturated rings. The number of ether oxygens (including phenoxy) is 1. The van der Waals surface area contributed by atoms with Gasteiger partial charge in [-0.05, 0) is 38.5 Å². The van der Waals surface area contributed by atoms with Crippen LogP contribution < -0.4 is 0 Å². The molecular weight excluding hydrogens is 172 g/mol. The zero-order valence-corrected chi connectivity index (χ0v) is 8.61. The largest absolute Gasteiger partial charge is 0.494 e. The minimum Gasteiger partial charge on any atom is -0.494 e. The SMILES string of the molecule is C=C(Cl)C(C)=CC(=CC)OCC. The molecular formula is C10H15ClO. The summed E-state index contributed by atoms with van der Waals surface area (Å²) >= 11 is 5.68. The summed E-state index contributed by atoms with van der Waals surface area (Å²) in [5.41, 5.74) is 0.929. The van der Waals surface area contributed by atoms with E-state index in [0.717, 1.165) is 11.3 Å². The monoisotopic (exact) mass is 186 g/mol. The third-order valence-electron chi connectivity index (χ3n) is 1.38. The molecule has 0 aliphatic carbocycles. The van der Waals surface area contributed by atoms with E-state index in [1.54, 1.807) is 0 Å². The summed E-state index contributed by atoms with van der Waals surface area (Å²) in [4.78, 5) is 0. The zero-order chi connectivity index (χ0) is 9.56. The van der Waals surface area contributed by atoms with E-state index in [0.29, 0.717) is 11.6 Å². The fraction of sp³-hybridized carbons (Fsp3) is 0.400. The molecule has 0 saturated carbocycles. The summed E-state index contributed by atoms with van der Waals surface area (Å²) in [6.07, 6.45) is 3.77. The molecule has 0 rings (SSSR count). The molecule has 0 aromatic carbocycles. The topological polar surface area (TPSA) is 9.23 Å². The van der Waals surface area contributed by atoms with E-state index >= 15 is 0 Å². The van der Waals surface area contributed by atoms with Crippen molar-refractivity contribution in [3.05, 3.63) is 35.1 Å². The van der Waals surface area contributed by atoms with Crippen LogP contribution in [-0.2, 0) is 4.74 Å². The van der Waals surface area contributed by atoms with Crippen LogP contribution in [-0.4, -0.2) is 6.61 Å². The van der Waals surface area contributed by atoms with Gasteiger partial charge in [-0.2, -0.15) is 0 Å². The Bertz CT molecular complexity index is 214. The summed E-state index contributed by atoms with van der Waals surface area (Å²) in [6.45, 7) is 10.1. The number of hydrogen-bond donors (Lipinski definition) is 0. The van der Waals surface area contributed by atoms with Crippen molar-refractivity contribution in [1.82, 2.24) is 0 Å². The molecule has 1 nitrogen and oxygen atoms in total. The van der Waals surface area contributed by atoms with Gasteiger partial charge in [-0.25, -0.2) is 0 Å². The molecule has 0 atom stereocenters. The second kappa shape index (κ2) is 5.90. The van der Waals surface area contributed by atoms with E-state index in [-0.39, 0.29) is 0 Å². The average Bonchev–Trinajstić information content (AvgIpc) is 2.03. The van der Waals surface area contributed by atoms with Gasteiger partial charge in [0.15, 0.2) is 0 Å². The molecule has 0 saturated heterocycles. The maximum Gasteiger partial charge on any atom is 0.115 e. The Kier molecular flexibility index (Phi) is 5.56. The lowest BCUT2D eigenvalue weighted by Gasteiger charge is -2.04. The van der Waals surface area contributed by atoms with Crippen LogP contribution >= 0.6 is 11.6 Å². The molecule has 0 aliphatic rings. The Morgan fingerprint density at radius 3 is 2.50 bits per heavy atom. The maximum absolute atomic E-state index is 5.68. The second-order valence-corrected chi connectivity index (χ2v) is 2.81. The first-order valence-electron chi connectivity index (χ1n) is 3.94. The summed E-state index contributed by atoms with van der Waals surface area (Å²) in [6, 6.07) is 0. The third kappa shape index (κ3) is 4.24. The molecule has 2 heteroatoms. The molecule has 0 aromatic heterocycles. The van der Waals surface area contributed by atoms with Gasteiger partial charge in [0.05, 0.1) is 6.61 Å². The summed E-state index contributed by atoms with van der Waals surface area (Å²) in [5.74, 6) is 0.830. The Hall–Kier alpha value is -0.690. The first-order chi connectivity index (χ1) is 5.61. The van der Waals surface area contributed by atoms with Crippen molar-refractivity contribution in [2.45, 2.75) is 20.8 Å². The predicted molar refractivity (Wildman–Crippen MR) is 54.1 cm³/mol. The van der Waals surface area contributed by atoms with E-state index in [9.17, 15) is 0 Å². The van der Waals surface area contributed by atoms with Crippen LogP contribution in [0.25, 0.3) is 0 Å². The molecule has 0 spiro atoms. The fourth-order valence-corrected chi connectivity index (χ4v) is 0.721. The lowest BCUT2D eigenvalue weighted by molar-refractivity contribution is 0.242. The predicted octanol–water partition coefficient (Wildman–Crippen LogP) is 3.63. The highest BCUT2D eigenvalue weighted by Crippen LogP contribution is 2.14. The zero-order valence-electron chi connectivity index (χ0n) is 7.86. The number of rotatable bonds is 4. The molecule has 0 amide bonds. The minimum atomic E-state index is 0.550. The molecule has 68 valence electrons. The fourth-order valence-electron chi connectivity index (χ4n) is 0.667. The van der Waals surface area contributed by atoms with Gasteiger partial charge in [0.25, 0.3) is 0 Å². The van der Waals surface area contributed by atoms with Gasteiger partial charge in [-0.1, -0.05) is 18.2 Å². The van der Waals surface area contributed by atoms with Crippen molar-refractivity contribution in [2.75, 3.05) is 6.61 Å². The Morgan fingerprint density at radius 2 is 2.17 bits per heavy atom. The van der Waals surface area contributed by atoms with Crippen molar-refractivity contribution in [3.8, 4) is 0 Å². The van der Waals surface area contributed by atoms with Crippen molar-refractivity contribution in [1.29, 1.82) is 0 Å². The standard InChI is InChI=1S/C10H15ClO/c1-5-10(12-6-2)7-8(3)9(4)11/h5,7H,4,6H2,1-3H3. The number of hydrogen-bond acceptors (Lipinski definition) is 1. The van der Waals surface area contributed by atoms with E-state index in [1.807, 2.05) is 32.9 Å². The van der Waals surface area contributed by atoms with Crippen molar-refractivity contribution in [3.63, 3.8) is 0 Å². The first-order valence-corrected chi connectivity index (χ1v) is 4.31. The molecule has 0 aromatic rings. The quantitative estimate of drug-likeness (QED) is 0.481.